The third-order valence-corrected chi connectivity index (χ3v) is 4.55. The molecule has 5 heteroatoms. The number of ether oxygens (including phenoxy) is 1. The van der Waals surface area contributed by atoms with Crippen molar-refractivity contribution in [3.63, 3.8) is 0 Å². The van der Waals surface area contributed by atoms with Gasteiger partial charge in [-0.1, -0.05) is 6.42 Å². The predicted molar refractivity (Wildman–Crippen MR) is 77.5 cm³/mol. The molecule has 4 nitrogen and oxygen atoms in total. The summed E-state index contributed by atoms with van der Waals surface area (Å²) in [5.41, 5.74) is -0.578. The number of thioether (sulfide) groups is 1. The summed E-state index contributed by atoms with van der Waals surface area (Å²) in [5.74, 6) is 1.80. The van der Waals surface area contributed by atoms with Gasteiger partial charge in [0.2, 0.25) is 0 Å². The molecule has 1 rings (SSSR count). The number of hydrogen-bond donors (Lipinski definition) is 1. The monoisotopic (exact) mass is 285 g/mol. The van der Waals surface area contributed by atoms with E-state index in [9.17, 15) is 4.79 Å². The van der Waals surface area contributed by atoms with Crippen LogP contribution in [0.15, 0.2) is 21.6 Å². The zero-order chi connectivity index (χ0) is 14.3. The molecule has 1 N–H and O–H groups in total. The van der Waals surface area contributed by atoms with E-state index in [2.05, 4.69) is 5.32 Å². The van der Waals surface area contributed by atoms with Crippen LogP contribution in [0.1, 0.15) is 31.9 Å². The van der Waals surface area contributed by atoms with Gasteiger partial charge in [-0.2, -0.15) is 0 Å². The average Bonchev–Trinajstić information content (AvgIpc) is 2.82. The standard InChI is InChI=1S/C14H23NO3S/c1-11-12(7-9-18-11)19-10-6-5-8-14(2,15-3)13(16)17-4/h7,9,15H,5-6,8,10H2,1-4H3. The molecule has 0 fully saturated rings. The number of likely N-dealkylation sites (N-methyl/N-ethyl adjacent to an activating group) is 1. The van der Waals surface area contributed by atoms with Crippen molar-refractivity contribution in [1.29, 1.82) is 0 Å². The van der Waals surface area contributed by atoms with E-state index >= 15 is 0 Å². The first kappa shape index (κ1) is 16.1. The number of aryl methyl sites for hydroxylation is 1. The minimum absolute atomic E-state index is 0.201. The van der Waals surface area contributed by atoms with Gasteiger partial charge in [-0.05, 0) is 45.6 Å². The van der Waals surface area contributed by atoms with Gasteiger partial charge in [0.25, 0.3) is 0 Å². The quantitative estimate of drug-likeness (QED) is 0.452. The third kappa shape index (κ3) is 4.58. The van der Waals surface area contributed by atoms with Crippen LogP contribution in [-0.2, 0) is 9.53 Å². The van der Waals surface area contributed by atoms with Gasteiger partial charge in [-0.25, -0.2) is 0 Å². The van der Waals surface area contributed by atoms with E-state index in [1.54, 1.807) is 25.1 Å². The van der Waals surface area contributed by atoms with E-state index in [4.69, 9.17) is 9.15 Å². The summed E-state index contributed by atoms with van der Waals surface area (Å²) in [6.45, 7) is 3.85. The fourth-order valence-electron chi connectivity index (χ4n) is 1.84. The maximum Gasteiger partial charge on any atom is 0.325 e. The highest BCUT2D eigenvalue weighted by Gasteiger charge is 2.31. The molecule has 19 heavy (non-hydrogen) atoms. The van der Waals surface area contributed by atoms with Crippen LogP contribution < -0.4 is 5.32 Å². The van der Waals surface area contributed by atoms with Crippen molar-refractivity contribution in [3.05, 3.63) is 18.1 Å². The van der Waals surface area contributed by atoms with Gasteiger partial charge in [0, 0.05) is 4.90 Å². The van der Waals surface area contributed by atoms with Crippen LogP contribution >= 0.6 is 11.8 Å². The summed E-state index contributed by atoms with van der Waals surface area (Å²) >= 11 is 1.80. The summed E-state index contributed by atoms with van der Waals surface area (Å²) in [7, 11) is 3.22. The molecule has 1 atom stereocenters. The lowest BCUT2D eigenvalue weighted by Gasteiger charge is -2.25. The Kier molecular flexibility index (Phi) is 6.45. The molecule has 0 bridgehead atoms. The molecule has 0 aliphatic carbocycles. The lowest BCUT2D eigenvalue weighted by Crippen LogP contribution is -2.48. The third-order valence-electron chi connectivity index (χ3n) is 3.33. The fraction of sp³-hybridized carbons (Fsp3) is 0.643. The minimum Gasteiger partial charge on any atom is -0.468 e. The Morgan fingerprint density at radius 1 is 1.53 bits per heavy atom. The highest BCUT2D eigenvalue weighted by molar-refractivity contribution is 7.99. The summed E-state index contributed by atoms with van der Waals surface area (Å²) < 4.78 is 10.1. The van der Waals surface area contributed by atoms with Gasteiger partial charge in [0.1, 0.15) is 11.3 Å². The van der Waals surface area contributed by atoms with Crippen molar-refractivity contribution in [1.82, 2.24) is 5.32 Å². The van der Waals surface area contributed by atoms with Gasteiger partial charge in [0.15, 0.2) is 0 Å². The van der Waals surface area contributed by atoms with Gasteiger partial charge in [0.05, 0.1) is 13.4 Å². The topological polar surface area (TPSA) is 51.5 Å². The maximum atomic E-state index is 11.7. The van der Waals surface area contributed by atoms with E-state index in [0.717, 1.165) is 30.8 Å². The molecule has 0 amide bonds. The molecule has 0 spiro atoms. The second-order valence-corrected chi connectivity index (χ2v) is 5.86. The molecule has 1 aromatic rings. The molecule has 0 saturated heterocycles. The Morgan fingerprint density at radius 3 is 2.79 bits per heavy atom. The van der Waals surface area contributed by atoms with E-state index < -0.39 is 5.54 Å². The molecule has 1 aromatic heterocycles. The van der Waals surface area contributed by atoms with Crippen molar-refractivity contribution >= 4 is 17.7 Å². The van der Waals surface area contributed by atoms with Crippen LogP contribution in [-0.4, -0.2) is 31.4 Å². The van der Waals surface area contributed by atoms with Crippen LogP contribution in [0, 0.1) is 6.92 Å². The second kappa shape index (κ2) is 7.60. The molecule has 0 aliphatic heterocycles. The lowest BCUT2D eigenvalue weighted by atomic mass is 9.95. The zero-order valence-electron chi connectivity index (χ0n) is 12.1. The predicted octanol–water partition coefficient (Wildman–Crippen LogP) is 3.00. The molecule has 0 aliphatic rings. The van der Waals surface area contributed by atoms with Crippen molar-refractivity contribution in [2.24, 2.45) is 0 Å². The molecule has 1 unspecified atom stereocenters. The Morgan fingerprint density at radius 2 is 2.26 bits per heavy atom. The Balaban J connectivity index is 2.26. The molecule has 1 heterocycles. The number of esters is 1. The molecule has 108 valence electrons. The van der Waals surface area contributed by atoms with Crippen LogP contribution in [0.2, 0.25) is 0 Å². The van der Waals surface area contributed by atoms with Crippen LogP contribution in [0.25, 0.3) is 0 Å². The Bertz CT molecular complexity index is 405. The van der Waals surface area contributed by atoms with Gasteiger partial charge in [-0.15, -0.1) is 11.8 Å². The number of hydrogen-bond acceptors (Lipinski definition) is 5. The smallest absolute Gasteiger partial charge is 0.325 e. The first-order valence-electron chi connectivity index (χ1n) is 6.47. The average molecular weight is 285 g/mol. The molecular weight excluding hydrogens is 262 g/mol. The lowest BCUT2D eigenvalue weighted by molar-refractivity contribution is -0.148. The number of methoxy groups -OCH3 is 1. The Hall–Kier alpha value is -0.940. The molecule has 0 aromatic carbocycles. The minimum atomic E-state index is -0.578. The highest BCUT2D eigenvalue weighted by atomic mass is 32.2. The van der Waals surface area contributed by atoms with Crippen molar-refractivity contribution < 1.29 is 13.9 Å². The zero-order valence-corrected chi connectivity index (χ0v) is 12.9. The van der Waals surface area contributed by atoms with Crippen LogP contribution in [0.4, 0.5) is 0 Å². The first-order chi connectivity index (χ1) is 9.03. The van der Waals surface area contributed by atoms with E-state index in [0.29, 0.717) is 0 Å². The van der Waals surface area contributed by atoms with Gasteiger partial charge < -0.3 is 14.5 Å². The summed E-state index contributed by atoms with van der Waals surface area (Å²) in [6.07, 6.45) is 4.54. The molecular formula is C14H23NO3S. The highest BCUT2D eigenvalue weighted by Crippen LogP contribution is 2.25. The van der Waals surface area contributed by atoms with Crippen LogP contribution in [0.3, 0.4) is 0 Å². The van der Waals surface area contributed by atoms with Crippen molar-refractivity contribution in [3.8, 4) is 0 Å². The first-order valence-corrected chi connectivity index (χ1v) is 7.46. The normalized spacial score (nSPS) is 14.1. The van der Waals surface area contributed by atoms with Crippen LogP contribution in [0.5, 0.6) is 0 Å². The largest absolute Gasteiger partial charge is 0.468 e. The second-order valence-electron chi connectivity index (χ2n) is 4.72. The number of rotatable bonds is 8. The van der Waals surface area contributed by atoms with Gasteiger partial charge in [-0.3, -0.25) is 4.79 Å². The number of furan rings is 1. The SMILES string of the molecule is CNC(C)(CCCCSc1ccoc1C)C(=O)OC. The number of carbonyl (C=O) groups is 1. The van der Waals surface area contributed by atoms with Gasteiger partial charge >= 0.3 is 5.97 Å². The molecule has 0 radical (unpaired) electrons. The van der Waals surface area contributed by atoms with E-state index in [1.165, 1.54) is 12.0 Å². The summed E-state index contributed by atoms with van der Waals surface area (Å²) in [4.78, 5) is 12.9. The van der Waals surface area contributed by atoms with Crippen molar-refractivity contribution in [2.75, 3.05) is 19.9 Å². The number of unbranched alkanes of at least 4 members (excludes halogenated alkanes) is 1. The number of carbonyl (C=O) groups excluding carboxylic acids is 1. The maximum absolute atomic E-state index is 11.7. The summed E-state index contributed by atoms with van der Waals surface area (Å²) in [5, 5.41) is 3.05. The molecule has 0 saturated carbocycles. The van der Waals surface area contributed by atoms with E-state index in [1.807, 2.05) is 19.9 Å². The fourth-order valence-corrected chi connectivity index (χ4v) is 2.81. The Labute approximate surface area is 119 Å². The summed E-state index contributed by atoms with van der Waals surface area (Å²) in [6, 6.07) is 1.99. The van der Waals surface area contributed by atoms with E-state index in [-0.39, 0.29) is 5.97 Å². The number of nitrogens with one attached hydrogen (secondary N) is 1. The van der Waals surface area contributed by atoms with Crippen molar-refractivity contribution in [2.45, 2.75) is 43.5 Å².